The van der Waals surface area contributed by atoms with Gasteiger partial charge in [0.25, 0.3) is 0 Å². The summed E-state index contributed by atoms with van der Waals surface area (Å²) in [6.07, 6.45) is -8.78. The Kier molecular flexibility index (Phi) is 4.87. The standard InChI is InChI=1S/C17H16F6N2O/c18-16(19,20)11-5-3-4-9-10(15(26)12-6-1-2-7-24-12)8-13(17(21,22)23)25-14(9)11/h3-5,8,12,15,24,26H,1-2,6-7H2/p+1. The first kappa shape index (κ1) is 18.9. The van der Waals surface area contributed by atoms with Crippen molar-refractivity contribution < 1.29 is 36.8 Å². The minimum Gasteiger partial charge on any atom is -0.382 e. The molecular weight excluding hydrogens is 362 g/mol. The number of aliphatic hydroxyl groups excluding tert-OH is 1. The van der Waals surface area contributed by atoms with Gasteiger partial charge in [0, 0.05) is 11.8 Å². The van der Waals surface area contributed by atoms with Crippen molar-refractivity contribution >= 4 is 10.9 Å². The highest BCUT2D eigenvalue weighted by Gasteiger charge is 2.39. The number of rotatable bonds is 2. The average molecular weight is 379 g/mol. The average Bonchev–Trinajstić information content (AvgIpc) is 2.58. The van der Waals surface area contributed by atoms with Gasteiger partial charge in [-0.3, -0.25) is 0 Å². The summed E-state index contributed by atoms with van der Waals surface area (Å²) in [6, 6.07) is 3.33. The fourth-order valence-corrected chi connectivity index (χ4v) is 3.38. The van der Waals surface area contributed by atoms with Crippen molar-refractivity contribution in [1.82, 2.24) is 4.98 Å². The summed E-state index contributed by atoms with van der Waals surface area (Å²) in [6.45, 7) is 0.713. The highest BCUT2D eigenvalue weighted by Crippen LogP contribution is 2.39. The van der Waals surface area contributed by atoms with Crippen LogP contribution in [0.2, 0.25) is 0 Å². The van der Waals surface area contributed by atoms with E-state index >= 15 is 0 Å². The second kappa shape index (κ2) is 6.70. The largest absolute Gasteiger partial charge is 0.433 e. The van der Waals surface area contributed by atoms with Crippen molar-refractivity contribution in [1.29, 1.82) is 0 Å². The molecule has 0 saturated carbocycles. The van der Waals surface area contributed by atoms with Gasteiger partial charge < -0.3 is 10.4 Å². The van der Waals surface area contributed by atoms with Crippen LogP contribution in [0.15, 0.2) is 24.3 Å². The molecule has 26 heavy (non-hydrogen) atoms. The van der Waals surface area contributed by atoms with E-state index in [0.717, 1.165) is 18.9 Å². The minimum atomic E-state index is -4.92. The normalized spacial score (nSPS) is 20.3. The van der Waals surface area contributed by atoms with Crippen molar-refractivity contribution in [2.24, 2.45) is 0 Å². The van der Waals surface area contributed by atoms with Gasteiger partial charge in [-0.1, -0.05) is 12.1 Å². The number of piperidine rings is 1. The van der Waals surface area contributed by atoms with Crippen LogP contribution in [0, 0.1) is 0 Å². The van der Waals surface area contributed by atoms with Gasteiger partial charge in [-0.15, -0.1) is 0 Å². The molecule has 0 bridgehead atoms. The molecule has 2 heterocycles. The number of benzene rings is 1. The van der Waals surface area contributed by atoms with Gasteiger partial charge in [0.15, 0.2) is 0 Å². The van der Waals surface area contributed by atoms with E-state index in [9.17, 15) is 31.4 Å². The zero-order chi connectivity index (χ0) is 19.1. The summed E-state index contributed by atoms with van der Waals surface area (Å²) < 4.78 is 79.3. The van der Waals surface area contributed by atoms with Crippen LogP contribution in [-0.2, 0) is 12.4 Å². The second-order valence-electron chi connectivity index (χ2n) is 6.42. The third kappa shape index (κ3) is 3.64. The lowest BCUT2D eigenvalue weighted by molar-refractivity contribution is -0.705. The van der Waals surface area contributed by atoms with Crippen molar-refractivity contribution in [3.8, 4) is 0 Å². The molecule has 2 atom stereocenters. The zero-order valence-electron chi connectivity index (χ0n) is 13.5. The molecule has 1 aliphatic rings. The highest BCUT2D eigenvalue weighted by molar-refractivity contribution is 5.86. The number of nitrogens with two attached hydrogens (primary N) is 1. The van der Waals surface area contributed by atoms with Crippen molar-refractivity contribution in [2.45, 2.75) is 43.8 Å². The number of nitrogens with zero attached hydrogens (tertiary/aromatic N) is 1. The molecule has 3 N–H and O–H groups in total. The van der Waals surface area contributed by atoms with Crippen molar-refractivity contribution in [2.75, 3.05) is 6.54 Å². The van der Waals surface area contributed by atoms with Crippen LogP contribution in [0.1, 0.15) is 42.2 Å². The smallest absolute Gasteiger partial charge is 0.382 e. The number of quaternary nitrogens is 1. The SMILES string of the molecule is OC(c1cc(C(F)(F)F)nc2c(C(F)(F)F)cccc12)C1CCCC[NH2+]1. The Balaban J connectivity index is 2.23. The molecule has 2 aromatic rings. The van der Waals surface area contributed by atoms with Crippen LogP contribution in [0.25, 0.3) is 10.9 Å². The van der Waals surface area contributed by atoms with E-state index in [4.69, 9.17) is 0 Å². The monoisotopic (exact) mass is 379 g/mol. The lowest BCUT2D eigenvalue weighted by Gasteiger charge is -2.26. The van der Waals surface area contributed by atoms with Crippen LogP contribution in [0.4, 0.5) is 26.3 Å². The number of pyridine rings is 1. The molecule has 1 aromatic carbocycles. The van der Waals surface area contributed by atoms with E-state index in [1.54, 1.807) is 0 Å². The van der Waals surface area contributed by atoms with Gasteiger partial charge >= 0.3 is 12.4 Å². The molecule has 0 amide bonds. The number of hydrogen-bond donors (Lipinski definition) is 2. The molecule has 0 radical (unpaired) electrons. The lowest BCUT2D eigenvalue weighted by atomic mass is 9.91. The molecule has 1 aromatic heterocycles. The summed E-state index contributed by atoms with van der Waals surface area (Å²) in [5, 5.41) is 12.3. The molecule has 0 spiro atoms. The summed E-state index contributed by atoms with van der Waals surface area (Å²) in [5.41, 5.74) is -3.65. The topological polar surface area (TPSA) is 49.7 Å². The van der Waals surface area contributed by atoms with Crippen LogP contribution < -0.4 is 5.32 Å². The Hall–Kier alpha value is -1.87. The van der Waals surface area contributed by atoms with Crippen molar-refractivity contribution in [3.63, 3.8) is 0 Å². The van der Waals surface area contributed by atoms with Gasteiger partial charge in [0.2, 0.25) is 0 Å². The lowest BCUT2D eigenvalue weighted by Crippen LogP contribution is -2.92. The van der Waals surface area contributed by atoms with Crippen LogP contribution >= 0.6 is 0 Å². The molecule has 1 fully saturated rings. The van der Waals surface area contributed by atoms with Gasteiger partial charge in [0.05, 0.1) is 17.6 Å². The molecule has 2 unspecified atom stereocenters. The maximum absolute atomic E-state index is 13.2. The Morgan fingerprint density at radius 1 is 1.08 bits per heavy atom. The fraction of sp³-hybridized carbons (Fsp3) is 0.471. The molecule has 3 nitrogen and oxygen atoms in total. The number of fused-ring (bicyclic) bond motifs is 1. The van der Waals surface area contributed by atoms with E-state index in [1.807, 2.05) is 5.32 Å². The quantitative estimate of drug-likeness (QED) is 0.786. The zero-order valence-corrected chi connectivity index (χ0v) is 13.5. The number of hydrogen-bond acceptors (Lipinski definition) is 2. The number of alkyl halides is 6. The van der Waals surface area contributed by atoms with Gasteiger partial charge in [0.1, 0.15) is 17.8 Å². The Morgan fingerprint density at radius 3 is 2.38 bits per heavy atom. The maximum atomic E-state index is 13.2. The molecule has 1 aliphatic heterocycles. The third-order valence-electron chi connectivity index (χ3n) is 4.65. The molecule has 0 aliphatic carbocycles. The molecule has 1 saturated heterocycles. The Morgan fingerprint density at radius 2 is 1.81 bits per heavy atom. The first-order chi connectivity index (χ1) is 12.1. The van der Waals surface area contributed by atoms with Gasteiger partial charge in [-0.05, 0) is 30.5 Å². The summed E-state index contributed by atoms with van der Waals surface area (Å²) >= 11 is 0. The van der Waals surface area contributed by atoms with Crippen LogP contribution in [0.3, 0.4) is 0 Å². The molecule has 9 heteroatoms. The summed E-state index contributed by atoms with van der Waals surface area (Å²) in [5.74, 6) is 0. The fourth-order valence-electron chi connectivity index (χ4n) is 3.38. The van der Waals surface area contributed by atoms with E-state index in [1.165, 1.54) is 6.07 Å². The van der Waals surface area contributed by atoms with E-state index < -0.39 is 41.3 Å². The van der Waals surface area contributed by atoms with Gasteiger partial charge in [-0.25, -0.2) is 4.98 Å². The third-order valence-corrected chi connectivity index (χ3v) is 4.65. The number of aromatic nitrogens is 1. The summed E-state index contributed by atoms with van der Waals surface area (Å²) in [4.78, 5) is 3.23. The minimum absolute atomic E-state index is 0.112. The van der Waals surface area contributed by atoms with Crippen LogP contribution in [0.5, 0.6) is 0 Å². The highest BCUT2D eigenvalue weighted by atomic mass is 19.4. The van der Waals surface area contributed by atoms with Crippen LogP contribution in [-0.4, -0.2) is 22.7 Å². The number of para-hydroxylation sites is 1. The first-order valence-electron chi connectivity index (χ1n) is 8.18. The maximum Gasteiger partial charge on any atom is 0.433 e. The Bertz CT molecular complexity index is 796. The predicted molar refractivity (Wildman–Crippen MR) is 81.1 cm³/mol. The summed E-state index contributed by atoms with van der Waals surface area (Å²) in [7, 11) is 0. The van der Waals surface area contributed by atoms with E-state index in [0.29, 0.717) is 25.1 Å². The molecule has 142 valence electrons. The molecule has 3 rings (SSSR count). The number of halogens is 6. The number of aliphatic hydroxyl groups is 1. The first-order valence-corrected chi connectivity index (χ1v) is 8.18. The Labute approximate surface area is 145 Å². The van der Waals surface area contributed by atoms with Gasteiger partial charge in [-0.2, -0.15) is 26.3 Å². The molecular formula is C17H17F6N2O+. The van der Waals surface area contributed by atoms with E-state index in [2.05, 4.69) is 4.98 Å². The van der Waals surface area contributed by atoms with E-state index in [-0.39, 0.29) is 10.9 Å². The second-order valence-corrected chi connectivity index (χ2v) is 6.42. The predicted octanol–water partition coefficient (Wildman–Crippen LogP) is 3.42. The van der Waals surface area contributed by atoms with Crippen molar-refractivity contribution in [3.05, 3.63) is 41.1 Å².